The van der Waals surface area contributed by atoms with Crippen LogP contribution in [0.25, 0.3) is 0 Å². The van der Waals surface area contributed by atoms with Crippen molar-refractivity contribution in [3.05, 3.63) is 4.47 Å². The molecule has 1 N–H and O–H groups in total. The van der Waals surface area contributed by atoms with Crippen molar-refractivity contribution in [3.63, 3.8) is 0 Å². The van der Waals surface area contributed by atoms with Gasteiger partial charge in [-0.2, -0.15) is 0 Å². The number of aromatic nitrogens is 2. The van der Waals surface area contributed by atoms with Gasteiger partial charge in [0, 0.05) is 0 Å². The zero-order valence-corrected chi connectivity index (χ0v) is 8.68. The summed E-state index contributed by atoms with van der Waals surface area (Å²) in [5.41, 5.74) is 0. The number of hydrogen-bond acceptors (Lipinski definition) is 6. The lowest BCUT2D eigenvalue weighted by Crippen LogP contribution is -2.24. The zero-order chi connectivity index (χ0) is 10.6. The van der Waals surface area contributed by atoms with Crippen molar-refractivity contribution in [1.29, 1.82) is 0 Å². The molecule has 6 nitrogen and oxygen atoms in total. The zero-order valence-electron chi connectivity index (χ0n) is 7.11. The first kappa shape index (κ1) is 10.9. The van der Waals surface area contributed by atoms with E-state index in [-0.39, 0.29) is 16.2 Å². The number of esters is 1. The van der Waals surface area contributed by atoms with Gasteiger partial charge in [0.15, 0.2) is 0 Å². The van der Waals surface area contributed by atoms with E-state index in [9.17, 15) is 9.59 Å². The number of anilines is 1. The predicted octanol–water partition coefficient (Wildman–Crippen LogP) is 0.693. The Hall–Kier alpha value is -1.21. The summed E-state index contributed by atoms with van der Waals surface area (Å²) in [4.78, 5) is 21.9. The number of halogens is 1. The molecule has 76 valence electrons. The fourth-order valence-electron chi connectivity index (χ4n) is 0.601. The highest BCUT2D eigenvalue weighted by molar-refractivity contribution is 7.19. The molecule has 14 heavy (non-hydrogen) atoms. The van der Waals surface area contributed by atoms with E-state index in [1.807, 2.05) is 0 Å². The minimum Gasteiger partial charge on any atom is -0.459 e. The smallest absolute Gasteiger partial charge is 0.397 e. The lowest BCUT2D eigenvalue weighted by molar-refractivity contribution is -0.152. The Morgan fingerprint density at radius 2 is 2.29 bits per heavy atom. The molecule has 1 aromatic rings. The summed E-state index contributed by atoms with van der Waals surface area (Å²) in [7, 11) is 0. The first-order valence-corrected chi connectivity index (χ1v) is 4.80. The SMILES string of the molecule is CCOC(=O)C(=O)Nc1nnc(Cl)s1. The van der Waals surface area contributed by atoms with Crippen LogP contribution in [-0.2, 0) is 14.3 Å². The molecule has 0 saturated heterocycles. The van der Waals surface area contributed by atoms with Crippen LogP contribution in [-0.4, -0.2) is 28.7 Å². The van der Waals surface area contributed by atoms with Crippen LogP contribution in [0.4, 0.5) is 5.13 Å². The van der Waals surface area contributed by atoms with Gasteiger partial charge in [0.1, 0.15) is 0 Å². The molecule has 0 bridgehead atoms. The normalized spacial score (nSPS) is 9.57. The molecule has 0 atom stereocenters. The Kier molecular flexibility index (Phi) is 3.78. The van der Waals surface area contributed by atoms with Crippen LogP contribution >= 0.6 is 22.9 Å². The minimum absolute atomic E-state index is 0.142. The van der Waals surface area contributed by atoms with E-state index in [0.717, 1.165) is 11.3 Å². The number of hydrogen-bond donors (Lipinski definition) is 1. The maximum atomic E-state index is 11.0. The van der Waals surface area contributed by atoms with Crippen LogP contribution in [0.2, 0.25) is 4.47 Å². The molecule has 0 radical (unpaired) electrons. The fraction of sp³-hybridized carbons (Fsp3) is 0.333. The summed E-state index contributed by atoms with van der Waals surface area (Å²) >= 11 is 6.42. The average Bonchev–Trinajstić information content (AvgIpc) is 2.51. The number of amides is 1. The van der Waals surface area contributed by atoms with Crippen LogP contribution in [0.15, 0.2) is 0 Å². The molecular weight excluding hydrogens is 230 g/mol. The maximum Gasteiger partial charge on any atom is 0.397 e. The van der Waals surface area contributed by atoms with Crippen LogP contribution in [0, 0.1) is 0 Å². The Labute approximate surface area is 88.2 Å². The van der Waals surface area contributed by atoms with E-state index in [4.69, 9.17) is 11.6 Å². The number of rotatable bonds is 2. The van der Waals surface area contributed by atoms with Crippen molar-refractivity contribution in [3.8, 4) is 0 Å². The molecule has 0 aromatic carbocycles. The number of nitrogens with zero attached hydrogens (tertiary/aromatic N) is 2. The Morgan fingerprint density at radius 1 is 1.57 bits per heavy atom. The maximum absolute atomic E-state index is 11.0. The van der Waals surface area contributed by atoms with Gasteiger partial charge >= 0.3 is 11.9 Å². The van der Waals surface area contributed by atoms with Gasteiger partial charge in [-0.05, 0) is 18.5 Å². The lowest BCUT2D eigenvalue weighted by Gasteiger charge is -1.99. The van der Waals surface area contributed by atoms with Crippen molar-refractivity contribution in [2.75, 3.05) is 11.9 Å². The van der Waals surface area contributed by atoms with Gasteiger partial charge in [-0.15, -0.1) is 10.2 Å². The topological polar surface area (TPSA) is 81.2 Å². The minimum atomic E-state index is -0.959. The number of carbonyl (C=O) groups excluding carboxylic acids is 2. The molecule has 0 saturated carbocycles. The largest absolute Gasteiger partial charge is 0.459 e. The van der Waals surface area contributed by atoms with Crippen molar-refractivity contribution >= 4 is 39.9 Å². The van der Waals surface area contributed by atoms with Gasteiger partial charge in [-0.25, -0.2) is 4.79 Å². The fourth-order valence-corrected chi connectivity index (χ4v) is 1.32. The molecule has 8 heteroatoms. The van der Waals surface area contributed by atoms with Crippen molar-refractivity contribution in [1.82, 2.24) is 10.2 Å². The van der Waals surface area contributed by atoms with Crippen molar-refractivity contribution < 1.29 is 14.3 Å². The highest BCUT2D eigenvalue weighted by Gasteiger charge is 2.16. The standard InChI is InChI=1S/C6H6ClN3O3S/c1-2-13-4(12)3(11)8-6-10-9-5(7)14-6/h2H2,1H3,(H,8,10,11). The second-order valence-corrected chi connectivity index (χ2v) is 3.59. The van der Waals surface area contributed by atoms with Crippen LogP contribution in [0.5, 0.6) is 0 Å². The Balaban J connectivity index is 2.53. The molecule has 1 heterocycles. The van der Waals surface area contributed by atoms with Gasteiger partial charge in [0.05, 0.1) is 6.61 Å². The first-order valence-electron chi connectivity index (χ1n) is 3.60. The predicted molar refractivity (Wildman–Crippen MR) is 50.2 cm³/mol. The first-order chi connectivity index (χ1) is 6.63. The third-order valence-electron chi connectivity index (χ3n) is 1.08. The molecule has 0 aliphatic heterocycles. The van der Waals surface area contributed by atoms with Crippen LogP contribution in [0.1, 0.15) is 6.92 Å². The van der Waals surface area contributed by atoms with Gasteiger partial charge < -0.3 is 4.74 Å². The second kappa shape index (κ2) is 4.87. The molecule has 0 aliphatic rings. The quantitative estimate of drug-likeness (QED) is 0.603. The van der Waals surface area contributed by atoms with Gasteiger partial charge in [-0.3, -0.25) is 10.1 Å². The molecule has 0 fully saturated rings. The molecule has 1 aromatic heterocycles. The molecule has 0 aliphatic carbocycles. The monoisotopic (exact) mass is 235 g/mol. The third-order valence-corrected chi connectivity index (χ3v) is 2.02. The Morgan fingerprint density at radius 3 is 2.79 bits per heavy atom. The van der Waals surface area contributed by atoms with E-state index in [1.165, 1.54) is 0 Å². The van der Waals surface area contributed by atoms with E-state index >= 15 is 0 Å². The molecule has 0 unspecified atom stereocenters. The second-order valence-electron chi connectivity index (χ2n) is 2.03. The van der Waals surface area contributed by atoms with E-state index < -0.39 is 11.9 Å². The number of ether oxygens (including phenoxy) is 1. The Bertz CT molecular complexity index is 354. The van der Waals surface area contributed by atoms with E-state index in [2.05, 4.69) is 20.3 Å². The highest BCUT2D eigenvalue weighted by Crippen LogP contribution is 2.19. The van der Waals surface area contributed by atoms with Crippen molar-refractivity contribution in [2.45, 2.75) is 6.92 Å². The summed E-state index contributed by atoms with van der Waals surface area (Å²) < 4.78 is 4.64. The average molecular weight is 236 g/mol. The summed E-state index contributed by atoms with van der Waals surface area (Å²) in [5, 5.41) is 9.29. The van der Waals surface area contributed by atoms with E-state index in [0.29, 0.717) is 0 Å². The summed E-state index contributed by atoms with van der Waals surface area (Å²) in [6.07, 6.45) is 0. The molecular formula is C6H6ClN3O3S. The third kappa shape index (κ3) is 2.93. The summed E-state index contributed by atoms with van der Waals surface area (Å²) in [6.45, 7) is 1.75. The van der Waals surface area contributed by atoms with Crippen LogP contribution < -0.4 is 5.32 Å². The summed E-state index contributed by atoms with van der Waals surface area (Å²) in [6, 6.07) is 0. The van der Waals surface area contributed by atoms with Gasteiger partial charge in [0.2, 0.25) is 9.60 Å². The highest BCUT2D eigenvalue weighted by atomic mass is 35.5. The number of carbonyl (C=O) groups is 2. The van der Waals surface area contributed by atoms with Gasteiger partial charge in [0.25, 0.3) is 0 Å². The summed E-state index contributed by atoms with van der Waals surface area (Å²) in [5.74, 6) is -1.85. The number of nitrogens with one attached hydrogen (secondary N) is 1. The van der Waals surface area contributed by atoms with Crippen molar-refractivity contribution in [2.24, 2.45) is 0 Å². The van der Waals surface area contributed by atoms with E-state index in [1.54, 1.807) is 6.92 Å². The van der Waals surface area contributed by atoms with Gasteiger partial charge in [-0.1, -0.05) is 11.3 Å². The molecule has 1 rings (SSSR count). The molecule has 1 amide bonds. The molecule has 0 spiro atoms. The lowest BCUT2D eigenvalue weighted by atomic mass is 10.6. The van der Waals surface area contributed by atoms with Crippen LogP contribution in [0.3, 0.4) is 0 Å².